The van der Waals surface area contributed by atoms with Gasteiger partial charge in [-0.25, -0.2) is 9.97 Å². The van der Waals surface area contributed by atoms with E-state index in [0.29, 0.717) is 0 Å². The van der Waals surface area contributed by atoms with Crippen LogP contribution in [0.5, 0.6) is 0 Å². The lowest BCUT2D eigenvalue weighted by Crippen LogP contribution is -2.20. The van der Waals surface area contributed by atoms with Crippen molar-refractivity contribution in [3.8, 4) is 0 Å². The van der Waals surface area contributed by atoms with Crippen molar-refractivity contribution in [1.29, 1.82) is 0 Å². The second-order valence-electron chi connectivity index (χ2n) is 3.98. The summed E-state index contributed by atoms with van der Waals surface area (Å²) in [6.45, 7) is 5.28. The molecule has 0 bridgehead atoms. The van der Waals surface area contributed by atoms with Crippen molar-refractivity contribution < 1.29 is 0 Å². The van der Waals surface area contributed by atoms with E-state index in [2.05, 4.69) is 43.0 Å². The Kier molecular flexibility index (Phi) is 3.98. The third-order valence-electron chi connectivity index (χ3n) is 2.72. The van der Waals surface area contributed by atoms with Gasteiger partial charge in [0.05, 0.1) is 0 Å². The van der Waals surface area contributed by atoms with E-state index in [1.807, 2.05) is 0 Å². The molecule has 1 aliphatic heterocycles. The van der Waals surface area contributed by atoms with Crippen LogP contribution in [0.3, 0.4) is 0 Å². The van der Waals surface area contributed by atoms with E-state index in [1.54, 1.807) is 6.33 Å². The smallest absolute Gasteiger partial charge is 0.148 e. The Bertz CT molecular complexity index is 350. The molecular formula is C11H17BrN4. The number of anilines is 2. The van der Waals surface area contributed by atoms with Crippen LogP contribution in [0.25, 0.3) is 0 Å². The number of nitrogens with zero attached hydrogens (tertiary/aromatic N) is 3. The molecule has 0 atom stereocenters. The largest absolute Gasteiger partial charge is 0.369 e. The summed E-state index contributed by atoms with van der Waals surface area (Å²) in [6.07, 6.45) is 5.24. The molecule has 1 aromatic heterocycles. The molecule has 0 unspecified atom stereocenters. The fourth-order valence-corrected chi connectivity index (χ4v) is 2.47. The van der Waals surface area contributed by atoms with Crippen molar-refractivity contribution in [3.05, 3.63) is 10.8 Å². The summed E-state index contributed by atoms with van der Waals surface area (Å²) in [5.74, 6) is 1.92. The van der Waals surface area contributed by atoms with Gasteiger partial charge in [-0.1, -0.05) is 6.92 Å². The minimum absolute atomic E-state index is 0.902. The molecule has 1 N–H and O–H groups in total. The van der Waals surface area contributed by atoms with Crippen LogP contribution in [-0.4, -0.2) is 29.6 Å². The molecule has 5 heteroatoms. The van der Waals surface area contributed by atoms with E-state index in [4.69, 9.17) is 0 Å². The van der Waals surface area contributed by atoms with E-state index >= 15 is 0 Å². The Morgan fingerprint density at radius 3 is 2.81 bits per heavy atom. The highest BCUT2D eigenvalue weighted by Gasteiger charge is 2.18. The summed E-state index contributed by atoms with van der Waals surface area (Å²) in [4.78, 5) is 10.9. The van der Waals surface area contributed by atoms with E-state index in [-0.39, 0.29) is 0 Å². The van der Waals surface area contributed by atoms with Gasteiger partial charge < -0.3 is 10.2 Å². The highest BCUT2D eigenvalue weighted by atomic mass is 79.9. The zero-order valence-electron chi connectivity index (χ0n) is 9.54. The predicted molar refractivity (Wildman–Crippen MR) is 70.0 cm³/mol. The number of hydrogen-bond acceptors (Lipinski definition) is 4. The second-order valence-corrected chi connectivity index (χ2v) is 4.77. The number of halogens is 1. The maximum atomic E-state index is 4.36. The Morgan fingerprint density at radius 2 is 2.12 bits per heavy atom. The Balaban J connectivity index is 2.18. The van der Waals surface area contributed by atoms with Gasteiger partial charge >= 0.3 is 0 Å². The zero-order valence-corrected chi connectivity index (χ0v) is 11.1. The fraction of sp³-hybridized carbons (Fsp3) is 0.636. The first-order chi connectivity index (χ1) is 7.83. The van der Waals surface area contributed by atoms with Gasteiger partial charge in [-0.05, 0) is 35.2 Å². The van der Waals surface area contributed by atoms with Crippen molar-refractivity contribution in [2.75, 3.05) is 29.9 Å². The lowest BCUT2D eigenvalue weighted by atomic mass is 10.4. The predicted octanol–water partition coefficient (Wildman–Crippen LogP) is 2.66. The summed E-state index contributed by atoms with van der Waals surface area (Å²) >= 11 is 3.59. The minimum atomic E-state index is 0.902. The summed E-state index contributed by atoms with van der Waals surface area (Å²) in [5, 5.41) is 3.30. The number of aromatic nitrogens is 2. The van der Waals surface area contributed by atoms with E-state index in [0.717, 1.165) is 42.2 Å². The molecule has 0 radical (unpaired) electrons. The number of rotatable bonds is 4. The van der Waals surface area contributed by atoms with Crippen molar-refractivity contribution in [2.45, 2.75) is 26.2 Å². The van der Waals surface area contributed by atoms with Gasteiger partial charge in [0.2, 0.25) is 0 Å². The lowest BCUT2D eigenvalue weighted by molar-refractivity contribution is 0.913. The first kappa shape index (κ1) is 11.6. The Hall–Kier alpha value is -0.840. The van der Waals surface area contributed by atoms with E-state index in [1.165, 1.54) is 12.8 Å². The van der Waals surface area contributed by atoms with Gasteiger partial charge in [0.1, 0.15) is 22.4 Å². The van der Waals surface area contributed by atoms with Gasteiger partial charge in [0.25, 0.3) is 0 Å². The van der Waals surface area contributed by atoms with Crippen molar-refractivity contribution in [3.63, 3.8) is 0 Å². The van der Waals surface area contributed by atoms with Crippen molar-refractivity contribution in [2.24, 2.45) is 0 Å². The molecular weight excluding hydrogens is 268 g/mol. The van der Waals surface area contributed by atoms with E-state index < -0.39 is 0 Å². The summed E-state index contributed by atoms with van der Waals surface area (Å²) in [7, 11) is 0. The molecule has 0 aromatic carbocycles. The standard InChI is InChI=1S/C11H17BrN4/c1-2-5-13-10-9(12)11(15-8-14-10)16-6-3-4-7-16/h8H,2-7H2,1H3,(H,13,14,15). The highest BCUT2D eigenvalue weighted by molar-refractivity contribution is 9.10. The molecule has 2 heterocycles. The zero-order chi connectivity index (χ0) is 11.4. The molecule has 2 rings (SSSR count). The van der Waals surface area contributed by atoms with Crippen LogP contribution in [0.4, 0.5) is 11.6 Å². The first-order valence-electron chi connectivity index (χ1n) is 5.82. The maximum absolute atomic E-state index is 4.36. The second kappa shape index (κ2) is 5.48. The molecule has 0 amide bonds. The normalized spacial score (nSPS) is 15.5. The Morgan fingerprint density at radius 1 is 1.38 bits per heavy atom. The van der Waals surface area contributed by atoms with Crippen LogP contribution in [-0.2, 0) is 0 Å². The van der Waals surface area contributed by atoms with Crippen LogP contribution in [0.1, 0.15) is 26.2 Å². The first-order valence-corrected chi connectivity index (χ1v) is 6.61. The molecule has 1 saturated heterocycles. The summed E-state index contributed by atoms with van der Waals surface area (Å²) in [6, 6.07) is 0. The molecule has 1 fully saturated rings. The molecule has 0 saturated carbocycles. The lowest BCUT2D eigenvalue weighted by Gasteiger charge is -2.19. The van der Waals surface area contributed by atoms with E-state index in [9.17, 15) is 0 Å². The third kappa shape index (κ3) is 2.45. The average Bonchev–Trinajstić information content (AvgIpc) is 2.81. The van der Waals surface area contributed by atoms with Crippen molar-refractivity contribution >= 4 is 27.6 Å². The van der Waals surface area contributed by atoms with Crippen LogP contribution >= 0.6 is 15.9 Å². The quantitative estimate of drug-likeness (QED) is 0.923. The summed E-state index contributed by atoms with van der Waals surface area (Å²) < 4.78 is 0.991. The molecule has 1 aromatic rings. The van der Waals surface area contributed by atoms with Gasteiger partial charge in [0.15, 0.2) is 0 Å². The molecule has 0 spiro atoms. The minimum Gasteiger partial charge on any atom is -0.369 e. The molecule has 1 aliphatic rings. The third-order valence-corrected chi connectivity index (χ3v) is 3.45. The maximum Gasteiger partial charge on any atom is 0.148 e. The molecule has 4 nitrogen and oxygen atoms in total. The topological polar surface area (TPSA) is 41.1 Å². The number of nitrogens with one attached hydrogen (secondary N) is 1. The van der Waals surface area contributed by atoms with Gasteiger partial charge in [0, 0.05) is 19.6 Å². The molecule has 0 aliphatic carbocycles. The molecule has 88 valence electrons. The van der Waals surface area contributed by atoms with Crippen LogP contribution in [0.2, 0.25) is 0 Å². The van der Waals surface area contributed by atoms with Crippen LogP contribution in [0, 0.1) is 0 Å². The number of hydrogen-bond donors (Lipinski definition) is 1. The fourth-order valence-electron chi connectivity index (χ4n) is 1.88. The van der Waals surface area contributed by atoms with Crippen LogP contribution < -0.4 is 10.2 Å². The van der Waals surface area contributed by atoms with Crippen molar-refractivity contribution in [1.82, 2.24) is 9.97 Å². The van der Waals surface area contributed by atoms with Crippen LogP contribution in [0.15, 0.2) is 10.8 Å². The van der Waals surface area contributed by atoms with Gasteiger partial charge in [-0.3, -0.25) is 0 Å². The monoisotopic (exact) mass is 284 g/mol. The van der Waals surface area contributed by atoms with Gasteiger partial charge in [-0.2, -0.15) is 0 Å². The summed E-state index contributed by atoms with van der Waals surface area (Å²) in [5.41, 5.74) is 0. The SMILES string of the molecule is CCCNc1ncnc(N2CCCC2)c1Br. The van der Waals surface area contributed by atoms with Gasteiger partial charge in [-0.15, -0.1) is 0 Å². The molecule has 16 heavy (non-hydrogen) atoms. The highest BCUT2D eigenvalue weighted by Crippen LogP contribution is 2.31. The Labute approximate surface area is 105 Å². The average molecular weight is 285 g/mol.